The summed E-state index contributed by atoms with van der Waals surface area (Å²) in [6.07, 6.45) is 3.63. The lowest BCUT2D eigenvalue weighted by Gasteiger charge is -2.27. The summed E-state index contributed by atoms with van der Waals surface area (Å²) in [6.45, 7) is 0.480. The summed E-state index contributed by atoms with van der Waals surface area (Å²) in [4.78, 5) is 11.8. The Morgan fingerprint density at radius 1 is 1.25 bits per heavy atom. The molecule has 0 bridgehead atoms. The van der Waals surface area contributed by atoms with Crippen LogP contribution in [-0.4, -0.2) is 23.8 Å². The summed E-state index contributed by atoms with van der Waals surface area (Å²) in [7, 11) is 0. The molecule has 0 aromatic heterocycles. The van der Waals surface area contributed by atoms with E-state index < -0.39 is 0 Å². The zero-order valence-corrected chi connectivity index (χ0v) is 12.5. The molecular formula is C14H18Cl2N2O2. The van der Waals surface area contributed by atoms with Crippen molar-refractivity contribution >= 4 is 34.9 Å². The summed E-state index contributed by atoms with van der Waals surface area (Å²) >= 11 is 11.7. The zero-order valence-electron chi connectivity index (χ0n) is 11.0. The van der Waals surface area contributed by atoms with Gasteiger partial charge in [-0.3, -0.25) is 0 Å². The van der Waals surface area contributed by atoms with E-state index in [4.69, 9.17) is 23.2 Å². The number of nitrogens with one attached hydrogen (secondary N) is 2. The molecule has 2 unspecified atom stereocenters. The Labute approximate surface area is 128 Å². The molecule has 2 amide bonds. The highest BCUT2D eigenvalue weighted by molar-refractivity contribution is 6.42. The van der Waals surface area contributed by atoms with E-state index in [9.17, 15) is 9.90 Å². The van der Waals surface area contributed by atoms with Gasteiger partial charge in [0.1, 0.15) is 0 Å². The Bertz CT molecular complexity index is 482. The van der Waals surface area contributed by atoms with Crippen LogP contribution in [0.3, 0.4) is 0 Å². The lowest BCUT2D eigenvalue weighted by Crippen LogP contribution is -2.38. The van der Waals surface area contributed by atoms with Gasteiger partial charge in [-0.05, 0) is 31.0 Å². The quantitative estimate of drug-likeness (QED) is 0.796. The molecule has 0 saturated heterocycles. The standard InChI is InChI=1S/C14H18Cl2N2O2/c15-11-6-5-10(7-12(11)16)18-14(20)17-8-9-3-1-2-4-13(9)19/h5-7,9,13,19H,1-4,8H2,(H2,17,18,20). The first kappa shape index (κ1) is 15.4. The third-order valence-corrected chi connectivity index (χ3v) is 4.31. The second-order valence-corrected chi connectivity index (χ2v) is 5.89. The molecule has 110 valence electrons. The van der Waals surface area contributed by atoms with E-state index >= 15 is 0 Å². The molecule has 1 aromatic carbocycles. The van der Waals surface area contributed by atoms with Crippen molar-refractivity contribution in [2.24, 2.45) is 5.92 Å². The van der Waals surface area contributed by atoms with Crippen LogP contribution in [0.5, 0.6) is 0 Å². The number of anilines is 1. The normalized spacial score (nSPS) is 22.4. The number of halogens is 2. The lowest BCUT2D eigenvalue weighted by atomic mass is 9.86. The minimum absolute atomic E-state index is 0.142. The van der Waals surface area contributed by atoms with Crippen LogP contribution in [0.15, 0.2) is 18.2 Å². The summed E-state index contributed by atoms with van der Waals surface area (Å²) in [5.41, 5.74) is 0.584. The van der Waals surface area contributed by atoms with E-state index in [1.165, 1.54) is 0 Å². The molecule has 20 heavy (non-hydrogen) atoms. The molecule has 3 N–H and O–H groups in total. The van der Waals surface area contributed by atoms with Gasteiger partial charge in [0.2, 0.25) is 0 Å². The summed E-state index contributed by atoms with van der Waals surface area (Å²) in [5, 5.41) is 16.1. The fourth-order valence-electron chi connectivity index (χ4n) is 2.40. The van der Waals surface area contributed by atoms with Crippen molar-refractivity contribution < 1.29 is 9.90 Å². The number of urea groups is 1. The van der Waals surface area contributed by atoms with Crippen molar-refractivity contribution in [2.45, 2.75) is 31.8 Å². The molecule has 0 aliphatic heterocycles. The average molecular weight is 317 g/mol. The molecule has 1 aliphatic rings. The number of benzene rings is 1. The van der Waals surface area contributed by atoms with Crippen LogP contribution < -0.4 is 10.6 Å². The highest BCUT2D eigenvalue weighted by atomic mass is 35.5. The van der Waals surface area contributed by atoms with Crippen molar-refractivity contribution in [3.63, 3.8) is 0 Å². The van der Waals surface area contributed by atoms with Crippen LogP contribution >= 0.6 is 23.2 Å². The predicted octanol–water partition coefficient (Wildman–Crippen LogP) is 3.67. The van der Waals surface area contributed by atoms with E-state index in [0.29, 0.717) is 22.3 Å². The molecule has 1 saturated carbocycles. The second-order valence-electron chi connectivity index (χ2n) is 5.08. The fourth-order valence-corrected chi connectivity index (χ4v) is 2.70. The SMILES string of the molecule is O=C(NCC1CCCCC1O)Nc1ccc(Cl)c(Cl)c1. The van der Waals surface area contributed by atoms with Gasteiger partial charge in [0.15, 0.2) is 0 Å². The van der Waals surface area contributed by atoms with Gasteiger partial charge in [-0.15, -0.1) is 0 Å². The summed E-state index contributed by atoms with van der Waals surface area (Å²) < 4.78 is 0. The maximum Gasteiger partial charge on any atom is 0.319 e. The smallest absolute Gasteiger partial charge is 0.319 e. The topological polar surface area (TPSA) is 61.4 Å². The number of aliphatic hydroxyl groups is 1. The van der Waals surface area contributed by atoms with Crippen LogP contribution in [-0.2, 0) is 0 Å². The molecule has 2 atom stereocenters. The van der Waals surface area contributed by atoms with Gasteiger partial charge >= 0.3 is 6.03 Å². The number of carbonyl (C=O) groups is 1. The van der Waals surface area contributed by atoms with Crippen molar-refractivity contribution in [3.05, 3.63) is 28.2 Å². The fraction of sp³-hybridized carbons (Fsp3) is 0.500. The van der Waals surface area contributed by atoms with Gasteiger partial charge in [-0.2, -0.15) is 0 Å². The first-order valence-electron chi connectivity index (χ1n) is 6.74. The van der Waals surface area contributed by atoms with Crippen LogP contribution in [0.4, 0.5) is 10.5 Å². The van der Waals surface area contributed by atoms with Crippen molar-refractivity contribution in [3.8, 4) is 0 Å². The first-order valence-corrected chi connectivity index (χ1v) is 7.50. The van der Waals surface area contributed by atoms with E-state index in [1.807, 2.05) is 0 Å². The van der Waals surface area contributed by atoms with E-state index in [0.717, 1.165) is 25.7 Å². The van der Waals surface area contributed by atoms with Crippen molar-refractivity contribution in [1.82, 2.24) is 5.32 Å². The van der Waals surface area contributed by atoms with E-state index in [-0.39, 0.29) is 18.1 Å². The highest BCUT2D eigenvalue weighted by Gasteiger charge is 2.23. The van der Waals surface area contributed by atoms with Crippen LogP contribution in [0.2, 0.25) is 10.0 Å². The molecule has 4 nitrogen and oxygen atoms in total. The third kappa shape index (κ3) is 4.27. The number of amides is 2. The minimum Gasteiger partial charge on any atom is -0.393 e. The monoisotopic (exact) mass is 316 g/mol. The number of hydrogen-bond donors (Lipinski definition) is 3. The minimum atomic E-state index is -0.311. The maximum atomic E-state index is 11.8. The molecule has 1 aliphatic carbocycles. The number of aliphatic hydroxyl groups excluding tert-OH is 1. The highest BCUT2D eigenvalue weighted by Crippen LogP contribution is 2.25. The largest absolute Gasteiger partial charge is 0.393 e. The first-order chi connectivity index (χ1) is 9.56. The summed E-state index contributed by atoms with van der Waals surface area (Å²) in [5.74, 6) is 0.142. The molecular weight excluding hydrogens is 299 g/mol. The second kappa shape index (κ2) is 7.16. The van der Waals surface area contributed by atoms with E-state index in [2.05, 4.69) is 10.6 Å². The zero-order chi connectivity index (χ0) is 14.5. The maximum absolute atomic E-state index is 11.8. The van der Waals surface area contributed by atoms with Gasteiger partial charge in [-0.1, -0.05) is 36.0 Å². The Morgan fingerprint density at radius 3 is 2.70 bits per heavy atom. The molecule has 1 aromatic rings. The van der Waals surface area contributed by atoms with Gasteiger partial charge in [0.25, 0.3) is 0 Å². The molecule has 0 radical (unpaired) electrons. The van der Waals surface area contributed by atoms with Crippen molar-refractivity contribution in [1.29, 1.82) is 0 Å². The summed E-state index contributed by atoms with van der Waals surface area (Å²) in [6, 6.07) is 4.60. The molecule has 6 heteroatoms. The van der Waals surface area contributed by atoms with Crippen LogP contribution in [0.25, 0.3) is 0 Å². The van der Waals surface area contributed by atoms with Crippen LogP contribution in [0, 0.1) is 5.92 Å². The van der Waals surface area contributed by atoms with Crippen molar-refractivity contribution in [2.75, 3.05) is 11.9 Å². The Morgan fingerprint density at radius 2 is 2.00 bits per heavy atom. The number of carbonyl (C=O) groups excluding carboxylic acids is 1. The number of hydrogen-bond acceptors (Lipinski definition) is 2. The molecule has 2 rings (SSSR count). The third-order valence-electron chi connectivity index (χ3n) is 3.57. The Balaban J connectivity index is 1.81. The van der Waals surface area contributed by atoms with Crippen LogP contribution in [0.1, 0.15) is 25.7 Å². The predicted molar refractivity (Wildman–Crippen MR) is 81.4 cm³/mol. The van der Waals surface area contributed by atoms with Gasteiger partial charge < -0.3 is 15.7 Å². The molecule has 1 fully saturated rings. The Kier molecular flexibility index (Phi) is 5.52. The molecule has 0 heterocycles. The van der Waals surface area contributed by atoms with Gasteiger partial charge in [0, 0.05) is 18.2 Å². The average Bonchev–Trinajstić information content (AvgIpc) is 2.42. The van der Waals surface area contributed by atoms with E-state index in [1.54, 1.807) is 18.2 Å². The van der Waals surface area contributed by atoms with Gasteiger partial charge in [-0.25, -0.2) is 4.79 Å². The molecule has 0 spiro atoms. The lowest BCUT2D eigenvalue weighted by molar-refractivity contribution is 0.0712. The Hall–Kier alpha value is -0.970. The van der Waals surface area contributed by atoms with Gasteiger partial charge in [0.05, 0.1) is 16.1 Å². The number of rotatable bonds is 3.